The first-order valence-corrected chi connectivity index (χ1v) is 8.43. The maximum Gasteiger partial charge on any atom is 0.186 e. The number of rotatable bonds is 5. The van der Waals surface area contributed by atoms with Crippen LogP contribution in [0, 0.1) is 0 Å². The molecule has 0 spiro atoms. The van der Waals surface area contributed by atoms with Crippen LogP contribution in [-0.4, -0.2) is 25.7 Å². The van der Waals surface area contributed by atoms with Crippen molar-refractivity contribution in [2.75, 3.05) is 25.6 Å². The zero-order valence-electron chi connectivity index (χ0n) is 11.8. The Morgan fingerprint density at radius 2 is 2.40 bits per heavy atom. The Kier molecular flexibility index (Phi) is 4.35. The maximum atomic E-state index is 5.26. The summed E-state index contributed by atoms with van der Waals surface area (Å²) in [5.41, 5.74) is 2.53. The Balaban J connectivity index is 1.82. The Hall–Kier alpha value is -0.950. The smallest absolute Gasteiger partial charge is 0.186 e. The van der Waals surface area contributed by atoms with Gasteiger partial charge in [-0.05, 0) is 30.5 Å². The number of hydrogen-bond acceptors (Lipinski definition) is 6. The minimum atomic E-state index is 0.588. The van der Waals surface area contributed by atoms with Crippen molar-refractivity contribution in [1.82, 2.24) is 10.3 Å². The van der Waals surface area contributed by atoms with Crippen LogP contribution in [-0.2, 0) is 30.9 Å². The summed E-state index contributed by atoms with van der Waals surface area (Å²) in [5.74, 6) is 0. The van der Waals surface area contributed by atoms with Crippen molar-refractivity contribution in [2.24, 2.45) is 0 Å². The lowest BCUT2D eigenvalue weighted by molar-refractivity contribution is 0.181. The summed E-state index contributed by atoms with van der Waals surface area (Å²) in [6.07, 6.45) is 1.13. The molecule has 4 nitrogen and oxygen atoms in total. The molecular weight excluding hydrogens is 290 g/mol. The molecule has 6 heteroatoms. The monoisotopic (exact) mass is 309 g/mol. The van der Waals surface area contributed by atoms with Gasteiger partial charge in [-0.3, -0.25) is 0 Å². The second-order valence-electron chi connectivity index (χ2n) is 4.87. The molecule has 3 heterocycles. The molecule has 20 heavy (non-hydrogen) atoms. The highest BCUT2D eigenvalue weighted by Gasteiger charge is 2.21. The number of ether oxygens (including phenoxy) is 1. The van der Waals surface area contributed by atoms with Crippen molar-refractivity contribution in [3.05, 3.63) is 32.5 Å². The van der Waals surface area contributed by atoms with Gasteiger partial charge in [0.2, 0.25) is 0 Å². The third-order valence-corrected chi connectivity index (χ3v) is 5.64. The number of nitrogens with one attached hydrogen (secondary N) is 1. The van der Waals surface area contributed by atoms with Crippen LogP contribution in [0.15, 0.2) is 11.4 Å². The summed E-state index contributed by atoms with van der Waals surface area (Å²) in [7, 11) is 3.69. The van der Waals surface area contributed by atoms with Gasteiger partial charge in [0, 0.05) is 36.5 Å². The molecule has 0 unspecified atom stereocenters. The first-order valence-electron chi connectivity index (χ1n) is 6.74. The summed E-state index contributed by atoms with van der Waals surface area (Å²) < 4.78 is 5.26. The fourth-order valence-corrected chi connectivity index (χ4v) is 4.45. The molecule has 0 aliphatic carbocycles. The number of thiophene rings is 1. The summed E-state index contributed by atoms with van der Waals surface area (Å²) in [4.78, 5) is 9.98. The van der Waals surface area contributed by atoms with Crippen LogP contribution in [0.5, 0.6) is 0 Å². The molecule has 0 aromatic carbocycles. The quantitative estimate of drug-likeness (QED) is 0.921. The topological polar surface area (TPSA) is 37.4 Å². The van der Waals surface area contributed by atoms with Gasteiger partial charge >= 0.3 is 0 Å². The van der Waals surface area contributed by atoms with Gasteiger partial charge in [0.05, 0.1) is 12.3 Å². The van der Waals surface area contributed by atoms with Crippen molar-refractivity contribution < 1.29 is 4.74 Å². The summed E-state index contributed by atoms with van der Waals surface area (Å²) in [6.45, 7) is 3.49. The predicted octanol–water partition coefficient (Wildman–Crippen LogP) is 2.63. The van der Waals surface area contributed by atoms with Gasteiger partial charge in [0.1, 0.15) is 0 Å². The molecule has 0 atom stereocenters. The summed E-state index contributed by atoms with van der Waals surface area (Å²) in [6, 6.07) is 2.24. The van der Waals surface area contributed by atoms with E-state index in [0.717, 1.165) is 36.9 Å². The fourth-order valence-electron chi connectivity index (χ4n) is 2.46. The molecule has 0 saturated heterocycles. The lowest BCUT2D eigenvalue weighted by atomic mass is 10.1. The number of aromatic nitrogens is 1. The normalized spacial score (nSPS) is 14.6. The number of fused-ring (bicyclic) bond motifs is 1. The predicted molar refractivity (Wildman–Crippen MR) is 84.7 cm³/mol. The number of hydrogen-bond donors (Lipinski definition) is 1. The van der Waals surface area contributed by atoms with E-state index in [0.29, 0.717) is 6.61 Å². The van der Waals surface area contributed by atoms with E-state index < -0.39 is 0 Å². The molecule has 108 valence electrons. The molecule has 0 bridgehead atoms. The third kappa shape index (κ3) is 2.74. The van der Waals surface area contributed by atoms with Crippen LogP contribution >= 0.6 is 22.7 Å². The molecule has 3 rings (SSSR count). The van der Waals surface area contributed by atoms with Crippen molar-refractivity contribution >= 4 is 27.8 Å². The highest BCUT2D eigenvalue weighted by Crippen LogP contribution is 2.32. The Morgan fingerprint density at radius 3 is 3.20 bits per heavy atom. The lowest BCUT2D eigenvalue weighted by Crippen LogP contribution is -2.29. The van der Waals surface area contributed by atoms with E-state index in [1.54, 1.807) is 18.4 Å². The molecule has 1 aliphatic heterocycles. The van der Waals surface area contributed by atoms with Crippen molar-refractivity contribution in [3.63, 3.8) is 0 Å². The largest absolute Gasteiger partial charge is 0.378 e. The molecule has 0 fully saturated rings. The van der Waals surface area contributed by atoms with E-state index in [1.807, 2.05) is 18.4 Å². The molecule has 0 amide bonds. The molecule has 2 aromatic heterocycles. The average molecular weight is 309 g/mol. The second kappa shape index (κ2) is 6.22. The number of nitrogens with zero attached hydrogens (tertiary/aromatic N) is 2. The van der Waals surface area contributed by atoms with E-state index in [4.69, 9.17) is 9.72 Å². The summed E-state index contributed by atoms with van der Waals surface area (Å²) in [5, 5.41) is 6.53. The van der Waals surface area contributed by atoms with Crippen LogP contribution in [0.2, 0.25) is 0 Å². The second-order valence-corrected chi connectivity index (χ2v) is 6.93. The maximum absolute atomic E-state index is 5.26. The fraction of sp³-hybridized carbons (Fsp3) is 0.500. The molecule has 2 aromatic rings. The van der Waals surface area contributed by atoms with Crippen LogP contribution in [0.3, 0.4) is 0 Å². The van der Waals surface area contributed by atoms with Gasteiger partial charge in [-0.15, -0.1) is 22.7 Å². The zero-order chi connectivity index (χ0) is 13.9. The lowest BCUT2D eigenvalue weighted by Gasteiger charge is -2.26. The Morgan fingerprint density at radius 1 is 1.50 bits per heavy atom. The van der Waals surface area contributed by atoms with Gasteiger partial charge in [0.25, 0.3) is 0 Å². The van der Waals surface area contributed by atoms with E-state index in [1.165, 1.54) is 15.3 Å². The SMILES string of the molecule is CNCc1sc(N2CCc3sccc3C2)nc1COC. The highest BCUT2D eigenvalue weighted by atomic mass is 32.1. The minimum Gasteiger partial charge on any atom is -0.378 e. The summed E-state index contributed by atoms with van der Waals surface area (Å²) >= 11 is 3.66. The Bertz CT molecular complexity index is 555. The first-order chi connectivity index (χ1) is 9.81. The van der Waals surface area contributed by atoms with Crippen molar-refractivity contribution in [1.29, 1.82) is 0 Å². The van der Waals surface area contributed by atoms with Gasteiger partial charge in [-0.25, -0.2) is 4.98 Å². The standard InChI is InChI=1S/C14H19N3OS2/c1-15-7-13-11(9-18-2)16-14(20-13)17-5-3-12-10(8-17)4-6-19-12/h4,6,15H,3,5,7-9H2,1-2H3. The molecule has 1 N–H and O–H groups in total. The number of methoxy groups -OCH3 is 1. The van der Waals surface area contributed by atoms with Gasteiger partial charge in [-0.1, -0.05) is 0 Å². The van der Waals surface area contributed by atoms with E-state index in [9.17, 15) is 0 Å². The zero-order valence-corrected chi connectivity index (χ0v) is 13.4. The molecule has 1 aliphatic rings. The number of thiazole rings is 1. The molecular formula is C14H19N3OS2. The van der Waals surface area contributed by atoms with Crippen LogP contribution in [0.4, 0.5) is 5.13 Å². The third-order valence-electron chi connectivity index (χ3n) is 3.46. The van der Waals surface area contributed by atoms with E-state index in [2.05, 4.69) is 21.7 Å². The average Bonchev–Trinajstić information content (AvgIpc) is 3.06. The van der Waals surface area contributed by atoms with Crippen LogP contribution < -0.4 is 10.2 Å². The Labute approximate surface area is 127 Å². The van der Waals surface area contributed by atoms with Crippen LogP contribution in [0.1, 0.15) is 21.0 Å². The van der Waals surface area contributed by atoms with Gasteiger partial charge < -0.3 is 15.0 Å². The molecule has 0 saturated carbocycles. The van der Waals surface area contributed by atoms with Gasteiger partial charge in [-0.2, -0.15) is 0 Å². The number of anilines is 1. The van der Waals surface area contributed by atoms with Crippen LogP contribution in [0.25, 0.3) is 0 Å². The minimum absolute atomic E-state index is 0.588. The van der Waals surface area contributed by atoms with Crippen molar-refractivity contribution in [2.45, 2.75) is 26.1 Å². The highest BCUT2D eigenvalue weighted by molar-refractivity contribution is 7.15. The van der Waals surface area contributed by atoms with E-state index >= 15 is 0 Å². The first kappa shape index (κ1) is 14.0. The van der Waals surface area contributed by atoms with Gasteiger partial charge in [0.15, 0.2) is 5.13 Å². The van der Waals surface area contributed by atoms with Crippen molar-refractivity contribution in [3.8, 4) is 0 Å². The molecule has 0 radical (unpaired) electrons. The van der Waals surface area contributed by atoms with E-state index in [-0.39, 0.29) is 0 Å².